The summed E-state index contributed by atoms with van der Waals surface area (Å²) in [6, 6.07) is 0. The zero-order valence-electron chi connectivity index (χ0n) is 10.5. The molecule has 1 atom stereocenters. The summed E-state index contributed by atoms with van der Waals surface area (Å²) in [6.45, 7) is 6.78. The minimum absolute atomic E-state index is 0.195. The predicted octanol–water partition coefficient (Wildman–Crippen LogP) is 2.42. The summed E-state index contributed by atoms with van der Waals surface area (Å²) in [7, 11) is 0. The molecule has 0 radical (unpaired) electrons. The first-order valence-corrected chi connectivity index (χ1v) is 5.90. The van der Waals surface area contributed by atoms with E-state index >= 15 is 0 Å². The van der Waals surface area contributed by atoms with Crippen molar-refractivity contribution in [3.05, 3.63) is 18.2 Å². The lowest BCUT2D eigenvalue weighted by Gasteiger charge is -2.45. The highest BCUT2D eigenvalue weighted by molar-refractivity contribution is 5.67. The van der Waals surface area contributed by atoms with Gasteiger partial charge in [0.15, 0.2) is 0 Å². The van der Waals surface area contributed by atoms with E-state index in [0.717, 1.165) is 18.7 Å². The maximum atomic E-state index is 11.4. The largest absolute Gasteiger partial charge is 0.465 e. The van der Waals surface area contributed by atoms with E-state index in [1.165, 1.54) is 4.90 Å². The van der Waals surface area contributed by atoms with Crippen LogP contribution in [0.4, 0.5) is 4.79 Å². The van der Waals surface area contributed by atoms with Gasteiger partial charge in [0.2, 0.25) is 0 Å². The molecule has 2 heterocycles. The van der Waals surface area contributed by atoms with Crippen molar-refractivity contribution in [1.29, 1.82) is 0 Å². The average Bonchev–Trinajstić information content (AvgIpc) is 2.85. The molecule has 1 aromatic rings. The summed E-state index contributed by atoms with van der Waals surface area (Å²) in [5.41, 5.74) is -0.734. The molecule has 94 valence electrons. The van der Waals surface area contributed by atoms with Crippen molar-refractivity contribution in [3.8, 4) is 0 Å². The number of nitrogens with one attached hydrogen (secondary N) is 1. The van der Waals surface area contributed by atoms with E-state index in [1.807, 2.05) is 0 Å². The van der Waals surface area contributed by atoms with Gasteiger partial charge in [0.25, 0.3) is 0 Å². The lowest BCUT2D eigenvalue weighted by atomic mass is 9.71. The number of imidazole rings is 1. The third kappa shape index (κ3) is 1.61. The van der Waals surface area contributed by atoms with Crippen LogP contribution in [-0.4, -0.2) is 32.6 Å². The van der Waals surface area contributed by atoms with Crippen LogP contribution < -0.4 is 0 Å². The molecule has 5 heteroatoms. The zero-order chi connectivity index (χ0) is 12.7. The van der Waals surface area contributed by atoms with Gasteiger partial charge in [-0.3, -0.25) is 4.90 Å². The average molecular weight is 237 g/mol. The van der Waals surface area contributed by atoms with E-state index in [1.54, 1.807) is 12.4 Å². The summed E-state index contributed by atoms with van der Waals surface area (Å²) in [5.74, 6) is 0.755. The van der Waals surface area contributed by atoms with Gasteiger partial charge in [0, 0.05) is 18.9 Å². The summed E-state index contributed by atoms with van der Waals surface area (Å²) in [6.07, 6.45) is 4.26. The van der Waals surface area contributed by atoms with Crippen LogP contribution >= 0.6 is 0 Å². The van der Waals surface area contributed by atoms with E-state index < -0.39 is 11.6 Å². The van der Waals surface area contributed by atoms with Gasteiger partial charge < -0.3 is 10.1 Å². The summed E-state index contributed by atoms with van der Waals surface area (Å²) in [5, 5.41) is 9.40. The molecule has 1 aliphatic rings. The first kappa shape index (κ1) is 12.0. The van der Waals surface area contributed by atoms with Gasteiger partial charge in [-0.1, -0.05) is 20.8 Å². The van der Waals surface area contributed by atoms with Crippen molar-refractivity contribution in [2.75, 3.05) is 6.54 Å². The first-order chi connectivity index (χ1) is 7.89. The standard InChI is InChI=1S/C12H19N3O2/c1-11(2,3)12(9-13-6-7-14-9)5-4-8-15(12)10(16)17/h6-7H,4-5,8H2,1-3H3,(H,13,14)(H,16,17)/t12-/m1/s1. The van der Waals surface area contributed by atoms with Gasteiger partial charge in [0.05, 0.1) is 0 Å². The van der Waals surface area contributed by atoms with Crippen LogP contribution in [0.15, 0.2) is 12.4 Å². The van der Waals surface area contributed by atoms with Gasteiger partial charge in [-0.05, 0) is 18.3 Å². The zero-order valence-corrected chi connectivity index (χ0v) is 10.5. The van der Waals surface area contributed by atoms with E-state index in [-0.39, 0.29) is 5.41 Å². The third-order valence-corrected chi connectivity index (χ3v) is 3.74. The molecule has 1 fully saturated rings. The molecular formula is C12H19N3O2. The molecule has 1 amide bonds. The number of nitrogens with zero attached hydrogens (tertiary/aromatic N) is 2. The first-order valence-electron chi connectivity index (χ1n) is 5.90. The topological polar surface area (TPSA) is 69.2 Å². The Kier molecular flexibility index (Phi) is 2.64. The molecular weight excluding hydrogens is 218 g/mol. The molecule has 2 N–H and O–H groups in total. The number of hydrogen-bond acceptors (Lipinski definition) is 2. The van der Waals surface area contributed by atoms with Crippen LogP contribution in [0.2, 0.25) is 0 Å². The van der Waals surface area contributed by atoms with Crippen molar-refractivity contribution in [3.63, 3.8) is 0 Å². The highest BCUT2D eigenvalue weighted by Gasteiger charge is 2.54. The monoisotopic (exact) mass is 237 g/mol. The van der Waals surface area contributed by atoms with Crippen molar-refractivity contribution >= 4 is 6.09 Å². The fourth-order valence-corrected chi connectivity index (χ4v) is 2.95. The van der Waals surface area contributed by atoms with Crippen LogP contribution in [0.1, 0.15) is 39.4 Å². The van der Waals surface area contributed by atoms with Gasteiger partial charge in [-0.15, -0.1) is 0 Å². The quantitative estimate of drug-likeness (QED) is 0.788. The fraction of sp³-hybridized carbons (Fsp3) is 0.667. The lowest BCUT2D eigenvalue weighted by molar-refractivity contribution is 0.0216. The Labute approximate surface area is 101 Å². The van der Waals surface area contributed by atoms with E-state index in [0.29, 0.717) is 6.54 Å². The van der Waals surface area contributed by atoms with Gasteiger partial charge in [-0.25, -0.2) is 9.78 Å². The molecule has 1 aromatic heterocycles. The summed E-state index contributed by atoms with van der Waals surface area (Å²) < 4.78 is 0. The van der Waals surface area contributed by atoms with E-state index in [4.69, 9.17) is 0 Å². The molecule has 0 aromatic carbocycles. The van der Waals surface area contributed by atoms with Crippen molar-refractivity contribution in [1.82, 2.24) is 14.9 Å². The molecule has 0 saturated carbocycles. The van der Waals surface area contributed by atoms with Crippen LogP contribution in [0.5, 0.6) is 0 Å². The molecule has 17 heavy (non-hydrogen) atoms. The fourth-order valence-electron chi connectivity index (χ4n) is 2.95. The maximum absolute atomic E-state index is 11.4. The number of aromatic nitrogens is 2. The van der Waals surface area contributed by atoms with E-state index in [2.05, 4.69) is 30.7 Å². The summed E-state index contributed by atoms with van der Waals surface area (Å²) in [4.78, 5) is 20.4. The number of carboxylic acid groups (broad SMARTS) is 1. The Bertz CT molecular complexity index is 408. The molecule has 1 aliphatic heterocycles. The molecule has 0 aliphatic carbocycles. The van der Waals surface area contributed by atoms with Gasteiger partial charge >= 0.3 is 6.09 Å². The molecule has 1 saturated heterocycles. The number of carbonyl (C=O) groups is 1. The lowest BCUT2D eigenvalue weighted by Crippen LogP contribution is -2.53. The highest BCUT2D eigenvalue weighted by Crippen LogP contribution is 2.49. The van der Waals surface area contributed by atoms with Crippen LogP contribution in [0.25, 0.3) is 0 Å². The molecule has 5 nitrogen and oxygen atoms in total. The van der Waals surface area contributed by atoms with Crippen molar-refractivity contribution < 1.29 is 9.90 Å². The molecule has 2 rings (SSSR count). The van der Waals surface area contributed by atoms with Crippen LogP contribution in [0, 0.1) is 5.41 Å². The number of likely N-dealkylation sites (tertiary alicyclic amines) is 1. The molecule has 0 unspecified atom stereocenters. The number of amides is 1. The van der Waals surface area contributed by atoms with Crippen LogP contribution in [-0.2, 0) is 5.54 Å². The second kappa shape index (κ2) is 3.75. The Balaban J connectivity index is 2.55. The highest BCUT2D eigenvalue weighted by atomic mass is 16.4. The Morgan fingerprint density at radius 1 is 1.59 bits per heavy atom. The van der Waals surface area contributed by atoms with Crippen LogP contribution in [0.3, 0.4) is 0 Å². The number of aromatic amines is 1. The molecule has 0 spiro atoms. The third-order valence-electron chi connectivity index (χ3n) is 3.74. The predicted molar refractivity (Wildman–Crippen MR) is 63.7 cm³/mol. The molecule has 0 bridgehead atoms. The smallest absolute Gasteiger partial charge is 0.408 e. The number of hydrogen-bond donors (Lipinski definition) is 2. The Morgan fingerprint density at radius 3 is 2.76 bits per heavy atom. The Morgan fingerprint density at radius 2 is 2.29 bits per heavy atom. The van der Waals surface area contributed by atoms with Crippen molar-refractivity contribution in [2.24, 2.45) is 5.41 Å². The normalized spacial score (nSPS) is 25.2. The van der Waals surface area contributed by atoms with Gasteiger partial charge in [-0.2, -0.15) is 0 Å². The second-order valence-electron chi connectivity index (χ2n) is 5.59. The summed E-state index contributed by atoms with van der Waals surface area (Å²) >= 11 is 0. The Hall–Kier alpha value is -1.52. The maximum Gasteiger partial charge on any atom is 0.408 e. The number of rotatable bonds is 1. The number of H-pyrrole nitrogens is 1. The minimum Gasteiger partial charge on any atom is -0.465 e. The second-order valence-corrected chi connectivity index (χ2v) is 5.59. The minimum atomic E-state index is -0.867. The van der Waals surface area contributed by atoms with E-state index in [9.17, 15) is 9.90 Å². The SMILES string of the molecule is CC(C)(C)[C@]1(c2ncc[nH]2)CCCN1C(=O)O. The van der Waals surface area contributed by atoms with Gasteiger partial charge in [0.1, 0.15) is 11.4 Å². The van der Waals surface area contributed by atoms with Crippen molar-refractivity contribution in [2.45, 2.75) is 39.2 Å².